The molecule has 0 radical (unpaired) electrons. The third-order valence-corrected chi connectivity index (χ3v) is 3.44. The summed E-state index contributed by atoms with van der Waals surface area (Å²) >= 11 is 1.61. The largest absolute Gasteiger partial charge is 0.392 e. The van der Waals surface area contributed by atoms with E-state index in [2.05, 4.69) is 4.98 Å². The molecule has 0 unspecified atom stereocenters. The van der Waals surface area contributed by atoms with E-state index in [1.165, 1.54) is 6.07 Å². The van der Waals surface area contributed by atoms with Gasteiger partial charge in [-0.1, -0.05) is 12.1 Å². The SMILES string of the molecule is Cc1nc(CCc2ccc(CO)cc2F)cs1. The number of aryl methyl sites for hydroxylation is 3. The topological polar surface area (TPSA) is 33.1 Å². The maximum absolute atomic E-state index is 13.6. The first kappa shape index (κ1) is 12.2. The van der Waals surface area contributed by atoms with Crippen LogP contribution in [0, 0.1) is 12.7 Å². The first-order chi connectivity index (χ1) is 8.19. The zero-order valence-corrected chi connectivity index (χ0v) is 10.4. The van der Waals surface area contributed by atoms with E-state index in [-0.39, 0.29) is 12.4 Å². The van der Waals surface area contributed by atoms with Crippen LogP contribution in [0.4, 0.5) is 4.39 Å². The van der Waals surface area contributed by atoms with E-state index in [0.29, 0.717) is 17.5 Å². The van der Waals surface area contributed by atoms with Crippen molar-refractivity contribution in [3.05, 3.63) is 51.2 Å². The normalized spacial score (nSPS) is 10.8. The molecule has 2 nitrogen and oxygen atoms in total. The van der Waals surface area contributed by atoms with Crippen LogP contribution in [0.5, 0.6) is 0 Å². The molecule has 1 aromatic carbocycles. The standard InChI is InChI=1S/C13H14FNOS/c1-9-15-12(8-17-9)5-4-11-3-2-10(7-16)6-13(11)14/h2-3,6,8,16H,4-5,7H2,1H3. The number of halogens is 1. The summed E-state index contributed by atoms with van der Waals surface area (Å²) in [5.41, 5.74) is 2.29. The molecule has 0 amide bonds. The third kappa shape index (κ3) is 3.11. The summed E-state index contributed by atoms with van der Waals surface area (Å²) in [5.74, 6) is -0.247. The Hall–Kier alpha value is -1.26. The van der Waals surface area contributed by atoms with Crippen LogP contribution in [0.15, 0.2) is 23.6 Å². The summed E-state index contributed by atoms with van der Waals surface area (Å²) in [4.78, 5) is 4.35. The van der Waals surface area contributed by atoms with E-state index in [9.17, 15) is 4.39 Å². The molecule has 4 heteroatoms. The Balaban J connectivity index is 2.04. The average molecular weight is 251 g/mol. The Labute approximate surface area is 104 Å². The van der Waals surface area contributed by atoms with Crippen molar-refractivity contribution in [1.82, 2.24) is 4.98 Å². The van der Waals surface area contributed by atoms with Gasteiger partial charge in [0.15, 0.2) is 0 Å². The van der Waals surface area contributed by atoms with Gasteiger partial charge in [0.25, 0.3) is 0 Å². The second kappa shape index (κ2) is 5.38. The van der Waals surface area contributed by atoms with Gasteiger partial charge < -0.3 is 5.11 Å². The molecule has 1 N–H and O–H groups in total. The van der Waals surface area contributed by atoms with Crippen molar-refractivity contribution in [3.8, 4) is 0 Å². The fourth-order valence-corrected chi connectivity index (χ4v) is 2.32. The Kier molecular flexibility index (Phi) is 3.86. The molecule has 0 bridgehead atoms. The Morgan fingerprint density at radius 3 is 2.76 bits per heavy atom. The van der Waals surface area contributed by atoms with Crippen LogP contribution in [-0.2, 0) is 19.4 Å². The number of nitrogens with zero attached hydrogens (tertiary/aromatic N) is 1. The molecule has 0 spiro atoms. The van der Waals surface area contributed by atoms with Crippen LogP contribution < -0.4 is 0 Å². The maximum atomic E-state index is 13.6. The van der Waals surface area contributed by atoms with Gasteiger partial charge in [-0.05, 0) is 37.0 Å². The van der Waals surface area contributed by atoms with Crippen molar-refractivity contribution in [2.45, 2.75) is 26.4 Å². The lowest BCUT2D eigenvalue weighted by Gasteiger charge is -2.03. The Bertz CT molecular complexity index is 510. The second-order valence-electron chi connectivity index (χ2n) is 3.94. The molecule has 0 aliphatic rings. The average Bonchev–Trinajstić information content (AvgIpc) is 2.73. The molecule has 0 saturated heterocycles. The van der Waals surface area contributed by atoms with Gasteiger partial charge >= 0.3 is 0 Å². The number of hydrogen-bond donors (Lipinski definition) is 1. The van der Waals surface area contributed by atoms with E-state index in [1.54, 1.807) is 23.5 Å². The lowest BCUT2D eigenvalue weighted by atomic mass is 10.1. The minimum absolute atomic E-state index is 0.123. The minimum Gasteiger partial charge on any atom is -0.392 e. The molecule has 1 aromatic heterocycles. The molecule has 2 rings (SSSR count). The number of thiazole rings is 1. The van der Waals surface area contributed by atoms with E-state index < -0.39 is 0 Å². The van der Waals surface area contributed by atoms with Crippen LogP contribution in [0.3, 0.4) is 0 Å². The molecule has 2 aromatic rings. The van der Waals surface area contributed by atoms with Crippen LogP contribution in [-0.4, -0.2) is 10.1 Å². The monoisotopic (exact) mass is 251 g/mol. The number of aromatic nitrogens is 1. The summed E-state index contributed by atoms with van der Waals surface area (Å²) in [6, 6.07) is 4.88. The van der Waals surface area contributed by atoms with Crippen molar-refractivity contribution < 1.29 is 9.50 Å². The van der Waals surface area contributed by atoms with Crippen molar-refractivity contribution in [2.75, 3.05) is 0 Å². The highest BCUT2D eigenvalue weighted by Crippen LogP contribution is 2.15. The molecule has 17 heavy (non-hydrogen) atoms. The first-order valence-corrected chi connectivity index (χ1v) is 6.36. The fourth-order valence-electron chi connectivity index (χ4n) is 1.68. The number of hydrogen-bond acceptors (Lipinski definition) is 3. The summed E-state index contributed by atoms with van der Waals surface area (Å²) in [6.45, 7) is 1.84. The van der Waals surface area contributed by atoms with Gasteiger partial charge in [-0.3, -0.25) is 0 Å². The van der Waals surface area contributed by atoms with Gasteiger partial charge in [-0.15, -0.1) is 11.3 Å². The Morgan fingerprint density at radius 1 is 1.35 bits per heavy atom. The molecular weight excluding hydrogens is 237 g/mol. The zero-order chi connectivity index (χ0) is 12.3. The molecule has 1 heterocycles. The van der Waals surface area contributed by atoms with Crippen LogP contribution in [0.25, 0.3) is 0 Å². The highest BCUT2D eigenvalue weighted by atomic mass is 32.1. The van der Waals surface area contributed by atoms with Crippen LogP contribution >= 0.6 is 11.3 Å². The quantitative estimate of drug-likeness (QED) is 0.906. The third-order valence-electron chi connectivity index (χ3n) is 2.62. The van der Waals surface area contributed by atoms with Crippen molar-refractivity contribution in [1.29, 1.82) is 0 Å². The molecule has 0 atom stereocenters. The van der Waals surface area contributed by atoms with E-state index in [1.807, 2.05) is 12.3 Å². The predicted octanol–water partition coefficient (Wildman–Crippen LogP) is 2.87. The van der Waals surface area contributed by atoms with Gasteiger partial charge in [0, 0.05) is 5.38 Å². The van der Waals surface area contributed by atoms with E-state index in [0.717, 1.165) is 17.1 Å². The number of benzene rings is 1. The molecule has 0 aliphatic carbocycles. The number of aliphatic hydroxyl groups is 1. The molecule has 0 fully saturated rings. The zero-order valence-electron chi connectivity index (χ0n) is 9.61. The molecule has 0 saturated carbocycles. The highest BCUT2D eigenvalue weighted by molar-refractivity contribution is 7.09. The molecule has 0 aliphatic heterocycles. The summed E-state index contributed by atoms with van der Waals surface area (Å²) in [6.07, 6.45) is 1.39. The first-order valence-electron chi connectivity index (χ1n) is 5.48. The maximum Gasteiger partial charge on any atom is 0.126 e. The lowest BCUT2D eigenvalue weighted by molar-refractivity contribution is 0.281. The number of aliphatic hydroxyl groups excluding tert-OH is 1. The second-order valence-corrected chi connectivity index (χ2v) is 5.00. The van der Waals surface area contributed by atoms with Gasteiger partial charge in [0.05, 0.1) is 17.3 Å². The smallest absolute Gasteiger partial charge is 0.126 e. The minimum atomic E-state index is -0.247. The van der Waals surface area contributed by atoms with Gasteiger partial charge in [0.1, 0.15) is 5.82 Å². The van der Waals surface area contributed by atoms with E-state index >= 15 is 0 Å². The van der Waals surface area contributed by atoms with E-state index in [4.69, 9.17) is 5.11 Å². The van der Waals surface area contributed by atoms with Gasteiger partial charge in [-0.2, -0.15) is 0 Å². The van der Waals surface area contributed by atoms with Crippen molar-refractivity contribution in [3.63, 3.8) is 0 Å². The molecular formula is C13H14FNOS. The van der Waals surface area contributed by atoms with Crippen molar-refractivity contribution >= 4 is 11.3 Å². The summed E-state index contributed by atoms with van der Waals surface area (Å²) in [5, 5.41) is 11.9. The van der Waals surface area contributed by atoms with Crippen molar-refractivity contribution in [2.24, 2.45) is 0 Å². The van der Waals surface area contributed by atoms with Crippen LogP contribution in [0.1, 0.15) is 21.8 Å². The highest BCUT2D eigenvalue weighted by Gasteiger charge is 2.05. The predicted molar refractivity (Wildman–Crippen MR) is 66.6 cm³/mol. The van der Waals surface area contributed by atoms with Gasteiger partial charge in [-0.25, -0.2) is 9.37 Å². The molecule has 90 valence electrons. The summed E-state index contributed by atoms with van der Waals surface area (Å²) < 4.78 is 13.6. The lowest BCUT2D eigenvalue weighted by Crippen LogP contribution is -1.97. The summed E-state index contributed by atoms with van der Waals surface area (Å²) in [7, 11) is 0. The van der Waals surface area contributed by atoms with Crippen LogP contribution in [0.2, 0.25) is 0 Å². The van der Waals surface area contributed by atoms with Gasteiger partial charge in [0.2, 0.25) is 0 Å². The Morgan fingerprint density at radius 2 is 2.18 bits per heavy atom. The number of rotatable bonds is 4. The fraction of sp³-hybridized carbons (Fsp3) is 0.308.